The first-order valence-corrected chi connectivity index (χ1v) is 6.67. The summed E-state index contributed by atoms with van der Waals surface area (Å²) in [6, 6.07) is 12.9. The molecule has 2 aromatic rings. The smallest absolute Gasteiger partial charge is 0.119 e. The predicted molar refractivity (Wildman–Crippen MR) is 81.3 cm³/mol. The van der Waals surface area contributed by atoms with Crippen LogP contribution in [0.25, 0.3) is 0 Å². The Kier molecular flexibility index (Phi) is 4.83. The van der Waals surface area contributed by atoms with Crippen LogP contribution in [0, 0.1) is 0 Å². The Hall–Kier alpha value is -1.51. The summed E-state index contributed by atoms with van der Waals surface area (Å²) in [6.45, 7) is 2.60. The minimum Gasteiger partial charge on any atom is -0.494 e. The Morgan fingerprint density at radius 1 is 1.05 bits per heavy atom. The van der Waals surface area contributed by atoms with E-state index in [1.807, 2.05) is 31.2 Å². The van der Waals surface area contributed by atoms with Crippen LogP contribution in [-0.2, 0) is 0 Å². The van der Waals surface area contributed by atoms with E-state index in [1.54, 1.807) is 24.4 Å². The average Bonchev–Trinajstić information content (AvgIpc) is 2.40. The van der Waals surface area contributed by atoms with Gasteiger partial charge in [-0.1, -0.05) is 29.3 Å². The highest BCUT2D eigenvalue weighted by atomic mass is 35.5. The molecular formula is C15H13Cl2NO. The second-order valence-corrected chi connectivity index (χ2v) is 4.63. The largest absolute Gasteiger partial charge is 0.494 e. The summed E-state index contributed by atoms with van der Waals surface area (Å²) in [5.74, 6) is 0.831. The lowest BCUT2D eigenvalue weighted by Crippen LogP contribution is -1.90. The van der Waals surface area contributed by atoms with E-state index in [1.165, 1.54) is 0 Å². The van der Waals surface area contributed by atoms with Crippen molar-refractivity contribution >= 4 is 35.1 Å². The third-order valence-corrected chi connectivity index (χ3v) is 3.15. The second kappa shape index (κ2) is 6.60. The summed E-state index contributed by atoms with van der Waals surface area (Å²) in [4.78, 5) is 4.35. The summed E-state index contributed by atoms with van der Waals surface area (Å²) in [5.41, 5.74) is 1.54. The molecule has 0 saturated heterocycles. The van der Waals surface area contributed by atoms with Gasteiger partial charge in [-0.25, -0.2) is 0 Å². The number of benzene rings is 2. The van der Waals surface area contributed by atoms with E-state index < -0.39 is 0 Å². The molecule has 2 aromatic carbocycles. The zero-order valence-corrected chi connectivity index (χ0v) is 11.9. The highest BCUT2D eigenvalue weighted by molar-refractivity contribution is 6.38. The van der Waals surface area contributed by atoms with Crippen molar-refractivity contribution in [3.63, 3.8) is 0 Å². The number of aliphatic imine (C=N–C) groups is 1. The molecule has 0 radical (unpaired) electrons. The summed E-state index contributed by atoms with van der Waals surface area (Å²) in [5, 5.41) is 1.17. The van der Waals surface area contributed by atoms with Crippen LogP contribution in [0.3, 0.4) is 0 Å². The maximum atomic E-state index is 6.07. The van der Waals surface area contributed by atoms with Gasteiger partial charge in [-0.05, 0) is 43.3 Å². The summed E-state index contributed by atoms with van der Waals surface area (Å²) in [7, 11) is 0. The van der Waals surface area contributed by atoms with Gasteiger partial charge in [0, 0.05) is 11.8 Å². The van der Waals surface area contributed by atoms with Gasteiger partial charge >= 0.3 is 0 Å². The van der Waals surface area contributed by atoms with Gasteiger partial charge in [-0.3, -0.25) is 4.99 Å². The van der Waals surface area contributed by atoms with Crippen LogP contribution in [-0.4, -0.2) is 12.8 Å². The molecule has 0 aliphatic carbocycles. The van der Waals surface area contributed by atoms with Crippen molar-refractivity contribution < 1.29 is 4.74 Å². The molecule has 0 spiro atoms. The quantitative estimate of drug-likeness (QED) is 0.715. The molecule has 4 heteroatoms. The summed E-state index contributed by atoms with van der Waals surface area (Å²) in [6.07, 6.45) is 1.67. The average molecular weight is 294 g/mol. The van der Waals surface area contributed by atoms with Crippen molar-refractivity contribution in [3.8, 4) is 5.75 Å². The molecule has 0 unspecified atom stereocenters. The molecule has 0 atom stereocenters. The summed E-state index contributed by atoms with van der Waals surface area (Å²) < 4.78 is 5.37. The first-order valence-electron chi connectivity index (χ1n) is 5.91. The molecule has 0 aromatic heterocycles. The third-order valence-electron chi connectivity index (χ3n) is 2.49. The van der Waals surface area contributed by atoms with Crippen LogP contribution in [0.2, 0.25) is 10.0 Å². The molecule has 0 amide bonds. The number of hydrogen-bond acceptors (Lipinski definition) is 2. The minimum atomic E-state index is 0.585. The van der Waals surface area contributed by atoms with Crippen LogP contribution in [0.1, 0.15) is 12.5 Å². The van der Waals surface area contributed by atoms with Gasteiger partial charge in [0.05, 0.1) is 22.3 Å². The fourth-order valence-corrected chi connectivity index (χ4v) is 2.06. The van der Waals surface area contributed by atoms with Crippen LogP contribution >= 0.6 is 23.2 Å². The molecule has 0 bridgehead atoms. The first-order chi connectivity index (χ1) is 9.20. The number of hydrogen-bond donors (Lipinski definition) is 0. The SMILES string of the molecule is CCOc1ccc(N=Cc2c(Cl)cccc2Cl)cc1. The van der Waals surface area contributed by atoms with Crippen LogP contribution in [0.15, 0.2) is 47.5 Å². The van der Waals surface area contributed by atoms with Crippen LogP contribution < -0.4 is 4.74 Å². The maximum absolute atomic E-state index is 6.07. The number of ether oxygens (including phenoxy) is 1. The number of rotatable bonds is 4. The Labute approximate surface area is 122 Å². The maximum Gasteiger partial charge on any atom is 0.119 e. The van der Waals surface area contributed by atoms with E-state index in [-0.39, 0.29) is 0 Å². The Balaban J connectivity index is 2.18. The molecule has 0 saturated carbocycles. The van der Waals surface area contributed by atoms with E-state index >= 15 is 0 Å². The van der Waals surface area contributed by atoms with Gasteiger partial charge in [0.2, 0.25) is 0 Å². The zero-order chi connectivity index (χ0) is 13.7. The van der Waals surface area contributed by atoms with E-state index in [0.717, 1.165) is 17.0 Å². The van der Waals surface area contributed by atoms with Gasteiger partial charge in [0.25, 0.3) is 0 Å². The first kappa shape index (κ1) is 13.9. The van der Waals surface area contributed by atoms with Crippen molar-refractivity contribution in [2.24, 2.45) is 4.99 Å². The normalized spacial score (nSPS) is 10.9. The van der Waals surface area contributed by atoms with Gasteiger partial charge in [-0.2, -0.15) is 0 Å². The van der Waals surface area contributed by atoms with Gasteiger partial charge in [0.1, 0.15) is 5.75 Å². The Morgan fingerprint density at radius 2 is 1.68 bits per heavy atom. The third kappa shape index (κ3) is 3.72. The van der Waals surface area contributed by atoms with Crippen molar-refractivity contribution in [3.05, 3.63) is 58.1 Å². The molecule has 0 aliphatic heterocycles. The molecule has 19 heavy (non-hydrogen) atoms. The predicted octanol–water partition coefficient (Wildman–Crippen LogP) is 5.14. The van der Waals surface area contributed by atoms with Crippen molar-refractivity contribution in [1.82, 2.24) is 0 Å². The Bertz CT molecular complexity index is 559. The molecule has 2 nitrogen and oxygen atoms in total. The van der Waals surface area contributed by atoms with Crippen molar-refractivity contribution in [2.45, 2.75) is 6.92 Å². The lowest BCUT2D eigenvalue weighted by atomic mass is 10.2. The fourth-order valence-electron chi connectivity index (χ4n) is 1.57. The molecule has 0 N–H and O–H groups in total. The second-order valence-electron chi connectivity index (χ2n) is 3.82. The zero-order valence-electron chi connectivity index (χ0n) is 10.4. The highest BCUT2D eigenvalue weighted by Crippen LogP contribution is 2.24. The van der Waals surface area contributed by atoms with Crippen molar-refractivity contribution in [2.75, 3.05) is 6.61 Å². The van der Waals surface area contributed by atoms with Crippen LogP contribution in [0.4, 0.5) is 5.69 Å². The lowest BCUT2D eigenvalue weighted by molar-refractivity contribution is 0.340. The van der Waals surface area contributed by atoms with Crippen molar-refractivity contribution in [1.29, 1.82) is 0 Å². The number of nitrogens with zero attached hydrogens (tertiary/aromatic N) is 1. The lowest BCUT2D eigenvalue weighted by Gasteiger charge is -2.03. The summed E-state index contributed by atoms with van der Waals surface area (Å²) >= 11 is 12.1. The van der Waals surface area contributed by atoms with E-state index in [4.69, 9.17) is 27.9 Å². The molecule has 0 aliphatic rings. The molecule has 0 fully saturated rings. The van der Waals surface area contributed by atoms with Gasteiger partial charge in [-0.15, -0.1) is 0 Å². The van der Waals surface area contributed by atoms with E-state index in [9.17, 15) is 0 Å². The fraction of sp³-hybridized carbons (Fsp3) is 0.133. The molecule has 0 heterocycles. The monoisotopic (exact) mass is 293 g/mol. The molecule has 2 rings (SSSR count). The van der Waals surface area contributed by atoms with Gasteiger partial charge in [0.15, 0.2) is 0 Å². The highest BCUT2D eigenvalue weighted by Gasteiger charge is 2.01. The Morgan fingerprint density at radius 3 is 2.26 bits per heavy atom. The van der Waals surface area contributed by atoms with Gasteiger partial charge < -0.3 is 4.74 Å². The molecular weight excluding hydrogens is 281 g/mol. The standard InChI is InChI=1S/C15H13Cl2NO/c1-2-19-12-8-6-11(7-9-12)18-10-13-14(16)4-3-5-15(13)17/h3-10H,2H2,1H3. The minimum absolute atomic E-state index is 0.585. The van der Waals surface area contributed by atoms with Crippen LogP contribution in [0.5, 0.6) is 5.75 Å². The van der Waals surface area contributed by atoms with E-state index in [0.29, 0.717) is 16.7 Å². The number of halogens is 2. The molecule has 98 valence electrons. The topological polar surface area (TPSA) is 21.6 Å². The van der Waals surface area contributed by atoms with E-state index in [2.05, 4.69) is 4.99 Å².